The molecule has 2 aromatic rings. The molecule has 0 spiro atoms. The molecule has 0 aliphatic carbocycles. The number of nitrogens with zero attached hydrogens (tertiary/aromatic N) is 2. The minimum atomic E-state index is 0.215. The van der Waals surface area contributed by atoms with Crippen molar-refractivity contribution in [2.45, 2.75) is 31.2 Å². The lowest BCUT2D eigenvalue weighted by atomic mass is 9.80. The van der Waals surface area contributed by atoms with Gasteiger partial charge < -0.3 is 9.64 Å². The summed E-state index contributed by atoms with van der Waals surface area (Å²) < 4.78 is 5.18. The molecule has 0 bridgehead atoms. The van der Waals surface area contributed by atoms with Gasteiger partial charge in [-0.2, -0.15) is 0 Å². The van der Waals surface area contributed by atoms with Crippen LogP contribution in [0.2, 0.25) is 0 Å². The summed E-state index contributed by atoms with van der Waals surface area (Å²) in [6, 6.07) is 12.4. The monoisotopic (exact) mass is 380 g/mol. The van der Waals surface area contributed by atoms with Crippen molar-refractivity contribution in [1.29, 1.82) is 0 Å². The molecule has 2 saturated heterocycles. The second kappa shape index (κ2) is 8.71. The number of benzene rings is 1. The van der Waals surface area contributed by atoms with Crippen LogP contribution in [0.15, 0.2) is 48.8 Å². The van der Waals surface area contributed by atoms with Crippen molar-refractivity contribution in [1.82, 2.24) is 20.7 Å². The van der Waals surface area contributed by atoms with Crippen molar-refractivity contribution in [3.05, 3.63) is 59.9 Å². The Morgan fingerprint density at radius 3 is 2.54 bits per heavy atom. The molecular formula is C22H28N4O2. The first-order chi connectivity index (χ1) is 13.7. The molecule has 3 heterocycles. The predicted octanol–water partition coefficient (Wildman–Crippen LogP) is 2.13. The van der Waals surface area contributed by atoms with E-state index in [4.69, 9.17) is 4.74 Å². The summed E-state index contributed by atoms with van der Waals surface area (Å²) in [4.78, 5) is 18.8. The number of carbonyl (C=O) groups excluding carboxylic acids is 1. The zero-order valence-corrected chi connectivity index (χ0v) is 16.3. The molecule has 1 amide bonds. The number of pyridine rings is 1. The van der Waals surface area contributed by atoms with Crippen molar-refractivity contribution in [2.24, 2.45) is 5.92 Å². The quantitative estimate of drug-likeness (QED) is 0.832. The topological polar surface area (TPSA) is 66.5 Å². The summed E-state index contributed by atoms with van der Waals surface area (Å²) in [6.45, 7) is 2.60. The fourth-order valence-corrected chi connectivity index (χ4v) is 4.43. The SMILES string of the molecule is COc1ccc(CC(=O)N2CCC(C3NNCC3c3ccncc3)CC2)cc1. The lowest BCUT2D eigenvalue weighted by Crippen LogP contribution is -2.46. The number of piperidine rings is 1. The highest BCUT2D eigenvalue weighted by atomic mass is 16.5. The molecule has 2 aliphatic heterocycles. The minimum Gasteiger partial charge on any atom is -0.497 e. The smallest absolute Gasteiger partial charge is 0.226 e. The number of rotatable bonds is 5. The van der Waals surface area contributed by atoms with Gasteiger partial charge in [0.05, 0.1) is 13.5 Å². The second-order valence-electron chi connectivity index (χ2n) is 7.68. The number of ether oxygens (including phenoxy) is 1. The second-order valence-corrected chi connectivity index (χ2v) is 7.68. The molecular weight excluding hydrogens is 352 g/mol. The summed E-state index contributed by atoms with van der Waals surface area (Å²) in [5.41, 5.74) is 9.18. The van der Waals surface area contributed by atoms with Crippen LogP contribution in [0.1, 0.15) is 29.9 Å². The third kappa shape index (κ3) is 4.18. The first kappa shape index (κ1) is 18.9. The Kier molecular flexibility index (Phi) is 5.88. The Balaban J connectivity index is 1.32. The largest absolute Gasteiger partial charge is 0.497 e. The van der Waals surface area contributed by atoms with Crippen molar-refractivity contribution >= 4 is 5.91 Å². The number of amides is 1. The molecule has 2 N–H and O–H groups in total. The van der Waals surface area contributed by atoms with Gasteiger partial charge in [0.2, 0.25) is 5.91 Å². The molecule has 2 fully saturated rings. The third-order valence-corrected chi connectivity index (χ3v) is 6.07. The van der Waals surface area contributed by atoms with E-state index >= 15 is 0 Å². The van der Waals surface area contributed by atoms with Crippen LogP contribution in [0.5, 0.6) is 5.75 Å². The number of aromatic nitrogens is 1. The zero-order valence-electron chi connectivity index (χ0n) is 16.3. The molecule has 2 atom stereocenters. The van der Waals surface area contributed by atoms with Crippen LogP contribution in [0.25, 0.3) is 0 Å². The highest BCUT2D eigenvalue weighted by Gasteiger charge is 2.36. The van der Waals surface area contributed by atoms with E-state index in [0.717, 1.165) is 43.8 Å². The van der Waals surface area contributed by atoms with Crippen molar-refractivity contribution in [3.63, 3.8) is 0 Å². The van der Waals surface area contributed by atoms with E-state index in [9.17, 15) is 4.79 Å². The number of likely N-dealkylation sites (tertiary alicyclic amines) is 1. The van der Waals surface area contributed by atoms with Gasteiger partial charge in [-0.05, 0) is 54.2 Å². The average molecular weight is 380 g/mol. The van der Waals surface area contributed by atoms with E-state index in [1.54, 1.807) is 7.11 Å². The molecule has 6 nitrogen and oxygen atoms in total. The van der Waals surface area contributed by atoms with Gasteiger partial charge in [-0.25, -0.2) is 0 Å². The van der Waals surface area contributed by atoms with Gasteiger partial charge >= 0.3 is 0 Å². The molecule has 4 rings (SSSR count). The number of hydrogen-bond acceptors (Lipinski definition) is 5. The molecule has 0 saturated carbocycles. The fraction of sp³-hybridized carbons (Fsp3) is 0.455. The Morgan fingerprint density at radius 1 is 1.14 bits per heavy atom. The minimum absolute atomic E-state index is 0.215. The molecule has 1 aromatic heterocycles. The summed E-state index contributed by atoms with van der Waals surface area (Å²) in [5.74, 6) is 2.05. The predicted molar refractivity (Wildman–Crippen MR) is 108 cm³/mol. The standard InChI is InChI=1S/C22H28N4O2/c1-28-19-4-2-16(3-5-19)14-21(27)26-12-8-18(9-13-26)22-20(15-24-25-22)17-6-10-23-11-7-17/h2-7,10-11,18,20,22,24-25H,8-9,12-15H2,1H3. The average Bonchev–Trinajstić information content (AvgIpc) is 3.25. The van der Waals surface area contributed by atoms with E-state index in [1.165, 1.54) is 5.56 Å². The van der Waals surface area contributed by atoms with E-state index in [1.807, 2.05) is 41.6 Å². The van der Waals surface area contributed by atoms with Crippen LogP contribution < -0.4 is 15.6 Å². The van der Waals surface area contributed by atoms with Crippen molar-refractivity contribution < 1.29 is 9.53 Å². The molecule has 1 aromatic carbocycles. The van der Waals surface area contributed by atoms with Gasteiger partial charge in [-0.3, -0.25) is 20.6 Å². The van der Waals surface area contributed by atoms with Gasteiger partial charge in [0, 0.05) is 44.0 Å². The molecule has 0 radical (unpaired) electrons. The fourth-order valence-electron chi connectivity index (χ4n) is 4.43. The normalized spacial score (nSPS) is 23.0. The van der Waals surface area contributed by atoms with E-state index in [-0.39, 0.29) is 5.91 Å². The number of hydrazine groups is 1. The molecule has 2 unspecified atom stereocenters. The molecule has 2 aliphatic rings. The Morgan fingerprint density at radius 2 is 1.86 bits per heavy atom. The maximum absolute atomic E-state index is 12.7. The first-order valence-electron chi connectivity index (χ1n) is 10.0. The van der Waals surface area contributed by atoms with Gasteiger partial charge in [0.25, 0.3) is 0 Å². The van der Waals surface area contributed by atoms with Crippen LogP contribution in [0, 0.1) is 5.92 Å². The summed E-state index contributed by atoms with van der Waals surface area (Å²) >= 11 is 0. The molecule has 6 heteroatoms. The van der Waals surface area contributed by atoms with E-state index in [2.05, 4.69) is 28.0 Å². The van der Waals surface area contributed by atoms with Crippen LogP contribution in [-0.4, -0.2) is 48.6 Å². The lowest BCUT2D eigenvalue weighted by molar-refractivity contribution is -0.132. The highest BCUT2D eigenvalue weighted by molar-refractivity contribution is 5.78. The Labute approximate surface area is 166 Å². The molecule has 148 valence electrons. The van der Waals surface area contributed by atoms with E-state index in [0.29, 0.717) is 24.3 Å². The maximum atomic E-state index is 12.7. The maximum Gasteiger partial charge on any atom is 0.226 e. The first-order valence-corrected chi connectivity index (χ1v) is 10.0. The lowest BCUT2D eigenvalue weighted by Gasteiger charge is -2.36. The van der Waals surface area contributed by atoms with Crippen LogP contribution in [-0.2, 0) is 11.2 Å². The molecule has 28 heavy (non-hydrogen) atoms. The summed E-state index contributed by atoms with van der Waals surface area (Å²) in [7, 11) is 1.65. The van der Waals surface area contributed by atoms with Crippen LogP contribution in [0.4, 0.5) is 0 Å². The van der Waals surface area contributed by atoms with Crippen molar-refractivity contribution in [2.75, 3.05) is 26.7 Å². The number of methoxy groups -OCH3 is 1. The summed E-state index contributed by atoms with van der Waals surface area (Å²) in [5, 5.41) is 0. The zero-order chi connectivity index (χ0) is 19.3. The van der Waals surface area contributed by atoms with E-state index < -0.39 is 0 Å². The van der Waals surface area contributed by atoms with Crippen LogP contribution in [0.3, 0.4) is 0 Å². The van der Waals surface area contributed by atoms with Gasteiger partial charge in [0.1, 0.15) is 5.75 Å². The number of nitrogens with one attached hydrogen (secondary N) is 2. The van der Waals surface area contributed by atoms with Crippen molar-refractivity contribution in [3.8, 4) is 5.75 Å². The number of hydrogen-bond donors (Lipinski definition) is 2. The number of carbonyl (C=O) groups is 1. The third-order valence-electron chi connectivity index (χ3n) is 6.07. The summed E-state index contributed by atoms with van der Waals surface area (Å²) in [6.07, 6.45) is 6.26. The van der Waals surface area contributed by atoms with Crippen LogP contribution >= 0.6 is 0 Å². The highest BCUT2D eigenvalue weighted by Crippen LogP contribution is 2.32. The van der Waals surface area contributed by atoms with Gasteiger partial charge in [0.15, 0.2) is 0 Å². The van der Waals surface area contributed by atoms with Gasteiger partial charge in [-0.15, -0.1) is 0 Å². The Bertz CT molecular complexity index is 773. The van der Waals surface area contributed by atoms with Gasteiger partial charge in [-0.1, -0.05) is 12.1 Å². The Hall–Kier alpha value is -2.44.